The van der Waals surface area contributed by atoms with Crippen molar-refractivity contribution >= 4 is 18.0 Å². The topological polar surface area (TPSA) is 105 Å². The van der Waals surface area contributed by atoms with E-state index in [-0.39, 0.29) is 6.61 Å². The van der Waals surface area contributed by atoms with E-state index in [1.54, 1.807) is 45.0 Å². The van der Waals surface area contributed by atoms with Crippen molar-refractivity contribution < 1.29 is 29.0 Å². The van der Waals surface area contributed by atoms with Gasteiger partial charge in [-0.2, -0.15) is 0 Å². The van der Waals surface area contributed by atoms with Gasteiger partial charge in [0.1, 0.15) is 12.2 Å². The minimum Gasteiger partial charge on any atom is -0.548 e. The molecule has 1 aromatic carbocycles. The smallest absolute Gasteiger partial charge is 0.408 e. The third-order valence-corrected chi connectivity index (χ3v) is 2.59. The van der Waals surface area contributed by atoms with Crippen molar-refractivity contribution in [2.75, 3.05) is 0 Å². The van der Waals surface area contributed by atoms with Crippen LogP contribution in [-0.4, -0.2) is 29.7 Å². The Morgan fingerprint density at radius 2 is 1.78 bits per heavy atom. The summed E-state index contributed by atoms with van der Waals surface area (Å²) in [4.78, 5) is 34.3. The summed E-state index contributed by atoms with van der Waals surface area (Å²) in [6.45, 7) is 4.92. The highest BCUT2D eigenvalue weighted by Crippen LogP contribution is 2.08. The van der Waals surface area contributed by atoms with Crippen LogP contribution < -0.4 is 10.4 Å². The van der Waals surface area contributed by atoms with Crippen LogP contribution in [0.2, 0.25) is 0 Å². The first-order valence-corrected chi connectivity index (χ1v) is 7.07. The van der Waals surface area contributed by atoms with E-state index < -0.39 is 36.1 Å². The number of carbonyl (C=O) groups excluding carboxylic acids is 3. The van der Waals surface area contributed by atoms with Crippen LogP contribution in [0.3, 0.4) is 0 Å². The molecule has 1 amide bonds. The number of nitrogens with one attached hydrogen (secondary N) is 1. The molecule has 1 unspecified atom stereocenters. The van der Waals surface area contributed by atoms with Crippen molar-refractivity contribution in [2.24, 2.45) is 0 Å². The fraction of sp³-hybridized carbons (Fsp3) is 0.438. The summed E-state index contributed by atoms with van der Waals surface area (Å²) in [5.41, 5.74) is -0.0140. The van der Waals surface area contributed by atoms with Gasteiger partial charge in [-0.15, -0.1) is 0 Å². The van der Waals surface area contributed by atoms with E-state index in [1.807, 2.05) is 6.07 Å². The molecule has 0 aliphatic heterocycles. The monoisotopic (exact) mass is 322 g/mol. The maximum atomic E-state index is 11.7. The van der Waals surface area contributed by atoms with Crippen molar-refractivity contribution in [3.63, 3.8) is 0 Å². The first kappa shape index (κ1) is 18.5. The van der Waals surface area contributed by atoms with Crippen LogP contribution in [0.1, 0.15) is 32.8 Å². The Balaban J connectivity index is 2.50. The molecule has 0 heterocycles. The van der Waals surface area contributed by atoms with E-state index in [0.29, 0.717) is 0 Å². The second kappa shape index (κ2) is 8.17. The Kier molecular flexibility index (Phi) is 6.56. The van der Waals surface area contributed by atoms with Crippen LogP contribution >= 0.6 is 0 Å². The van der Waals surface area contributed by atoms with E-state index in [2.05, 4.69) is 5.32 Å². The molecule has 0 fully saturated rings. The molecule has 126 valence electrons. The zero-order valence-corrected chi connectivity index (χ0v) is 13.3. The first-order chi connectivity index (χ1) is 10.7. The summed E-state index contributed by atoms with van der Waals surface area (Å²) in [5, 5.41) is 13.1. The van der Waals surface area contributed by atoms with Gasteiger partial charge in [0.15, 0.2) is 0 Å². The molecule has 0 aliphatic rings. The molecule has 7 heteroatoms. The highest BCUT2D eigenvalue weighted by molar-refractivity contribution is 5.84. The van der Waals surface area contributed by atoms with Crippen LogP contribution in [0.4, 0.5) is 4.79 Å². The van der Waals surface area contributed by atoms with Crippen LogP contribution in [0.25, 0.3) is 0 Å². The summed E-state index contributed by atoms with van der Waals surface area (Å²) >= 11 is 0. The molecule has 1 atom stereocenters. The minimum atomic E-state index is -1.59. The highest BCUT2D eigenvalue weighted by atomic mass is 16.6. The molecule has 0 radical (unpaired) electrons. The fourth-order valence-electron chi connectivity index (χ4n) is 1.61. The van der Waals surface area contributed by atoms with E-state index >= 15 is 0 Å². The van der Waals surface area contributed by atoms with Gasteiger partial charge < -0.3 is 24.7 Å². The molecular weight excluding hydrogens is 302 g/mol. The Hall–Kier alpha value is -2.57. The standard InChI is InChI=1S/C16H21NO6/c1-16(2,3)23-15(21)17-12(14(19)20)9-13(18)22-10-11-7-5-4-6-8-11/h4-8,12H,9-10H2,1-3H3,(H,17,21)(H,19,20)/p-1. The first-order valence-electron chi connectivity index (χ1n) is 7.07. The quantitative estimate of drug-likeness (QED) is 0.775. The van der Waals surface area contributed by atoms with Crippen LogP contribution in [0.5, 0.6) is 0 Å². The van der Waals surface area contributed by atoms with Gasteiger partial charge >= 0.3 is 12.1 Å². The van der Waals surface area contributed by atoms with E-state index in [1.165, 1.54) is 0 Å². The lowest BCUT2D eigenvalue weighted by molar-refractivity contribution is -0.308. The summed E-state index contributed by atoms with van der Waals surface area (Å²) in [6.07, 6.45) is -1.49. The SMILES string of the molecule is CC(C)(C)OC(=O)NC(CC(=O)OCc1ccccc1)C(=O)[O-]. The molecule has 0 saturated heterocycles. The predicted molar refractivity (Wildman–Crippen MR) is 79.0 cm³/mol. The number of carbonyl (C=O) groups is 3. The molecule has 1 aromatic rings. The van der Waals surface area contributed by atoms with Crippen molar-refractivity contribution in [2.45, 2.75) is 45.4 Å². The normalized spacial score (nSPS) is 12.1. The predicted octanol–water partition coefficient (Wildman–Crippen LogP) is 0.763. The number of rotatable bonds is 6. The maximum absolute atomic E-state index is 11.7. The molecule has 7 nitrogen and oxygen atoms in total. The average Bonchev–Trinajstić information content (AvgIpc) is 2.43. The lowest BCUT2D eigenvalue weighted by Gasteiger charge is -2.23. The number of hydrogen-bond donors (Lipinski definition) is 1. The van der Waals surface area contributed by atoms with Crippen LogP contribution in [0, 0.1) is 0 Å². The van der Waals surface area contributed by atoms with Gasteiger partial charge in [0.2, 0.25) is 0 Å². The van der Waals surface area contributed by atoms with Gasteiger partial charge in [-0.05, 0) is 26.3 Å². The largest absolute Gasteiger partial charge is 0.548 e. The molecular formula is C16H20NO6-. The van der Waals surface area contributed by atoms with Crippen molar-refractivity contribution in [1.82, 2.24) is 5.32 Å². The number of hydrogen-bond acceptors (Lipinski definition) is 6. The van der Waals surface area contributed by atoms with Gasteiger partial charge in [0, 0.05) is 0 Å². The Bertz CT molecular complexity index is 549. The number of aliphatic carboxylic acids is 1. The second-order valence-electron chi connectivity index (χ2n) is 5.87. The lowest BCUT2D eigenvalue weighted by atomic mass is 10.2. The molecule has 0 aliphatic carbocycles. The molecule has 1 N–H and O–H groups in total. The van der Waals surface area contributed by atoms with Gasteiger partial charge in [-0.3, -0.25) is 4.79 Å². The van der Waals surface area contributed by atoms with E-state index in [0.717, 1.165) is 5.56 Å². The number of benzene rings is 1. The third-order valence-electron chi connectivity index (χ3n) is 2.59. The molecule has 23 heavy (non-hydrogen) atoms. The van der Waals surface area contributed by atoms with Gasteiger partial charge in [-0.1, -0.05) is 30.3 Å². The number of alkyl carbamates (subject to hydrolysis) is 1. The Morgan fingerprint density at radius 1 is 1.17 bits per heavy atom. The number of carboxylic acid groups (broad SMARTS) is 1. The zero-order chi connectivity index (χ0) is 17.5. The highest BCUT2D eigenvalue weighted by Gasteiger charge is 2.22. The Morgan fingerprint density at radius 3 is 2.30 bits per heavy atom. The summed E-state index contributed by atoms with van der Waals surface area (Å²) < 4.78 is 9.91. The van der Waals surface area contributed by atoms with E-state index in [4.69, 9.17) is 9.47 Å². The summed E-state index contributed by atoms with van der Waals surface area (Å²) in [6, 6.07) is 7.41. The molecule has 0 spiro atoms. The second-order valence-corrected chi connectivity index (χ2v) is 5.87. The lowest BCUT2D eigenvalue weighted by Crippen LogP contribution is -2.50. The molecule has 0 bridgehead atoms. The number of esters is 1. The van der Waals surface area contributed by atoms with Gasteiger partial charge in [0.25, 0.3) is 0 Å². The third kappa shape index (κ3) is 7.85. The van der Waals surface area contributed by atoms with Crippen LogP contribution in [0.15, 0.2) is 30.3 Å². The fourth-order valence-corrected chi connectivity index (χ4v) is 1.61. The number of carboxylic acids is 1. The van der Waals surface area contributed by atoms with Gasteiger partial charge in [-0.25, -0.2) is 4.79 Å². The summed E-state index contributed by atoms with van der Waals surface area (Å²) in [7, 11) is 0. The zero-order valence-electron chi connectivity index (χ0n) is 13.3. The van der Waals surface area contributed by atoms with Crippen molar-refractivity contribution in [3.05, 3.63) is 35.9 Å². The molecule has 0 aromatic heterocycles. The number of amides is 1. The van der Waals surface area contributed by atoms with Crippen molar-refractivity contribution in [1.29, 1.82) is 0 Å². The minimum absolute atomic E-state index is 0.0197. The molecule has 0 saturated carbocycles. The van der Waals surface area contributed by atoms with Crippen LogP contribution in [-0.2, 0) is 25.7 Å². The Labute approximate surface area is 134 Å². The molecule has 1 rings (SSSR count). The van der Waals surface area contributed by atoms with E-state index in [9.17, 15) is 19.5 Å². The average molecular weight is 322 g/mol. The van der Waals surface area contributed by atoms with Crippen molar-refractivity contribution in [3.8, 4) is 0 Å². The summed E-state index contributed by atoms with van der Waals surface area (Å²) in [5.74, 6) is -2.35. The van der Waals surface area contributed by atoms with Gasteiger partial charge in [0.05, 0.1) is 18.4 Å². The maximum Gasteiger partial charge on any atom is 0.408 e. The number of ether oxygens (including phenoxy) is 2.